The zero-order chi connectivity index (χ0) is 13.7. The summed E-state index contributed by atoms with van der Waals surface area (Å²) < 4.78 is 5.75. The molecule has 4 unspecified atom stereocenters. The topological polar surface area (TPSA) is 21.3 Å². The first-order valence-corrected chi connectivity index (χ1v) is 8.51. The first-order chi connectivity index (χ1) is 9.20. The highest BCUT2D eigenvalue weighted by Gasteiger charge is 2.34. The molecule has 4 atom stereocenters. The molecule has 0 amide bonds. The molecule has 0 spiro atoms. The molecular formula is C17H33NO. The zero-order valence-corrected chi connectivity index (χ0v) is 13.2. The lowest BCUT2D eigenvalue weighted by atomic mass is 9.70. The Morgan fingerprint density at radius 2 is 1.84 bits per heavy atom. The van der Waals surface area contributed by atoms with Gasteiger partial charge < -0.3 is 10.1 Å². The molecule has 1 saturated carbocycles. The number of hydrogen-bond acceptors (Lipinski definition) is 2. The van der Waals surface area contributed by atoms with Crippen molar-refractivity contribution in [2.75, 3.05) is 19.8 Å². The molecule has 2 aliphatic rings. The third-order valence-electron chi connectivity index (χ3n) is 5.06. The van der Waals surface area contributed by atoms with Gasteiger partial charge in [-0.05, 0) is 68.7 Å². The fourth-order valence-corrected chi connectivity index (χ4v) is 4.38. The van der Waals surface area contributed by atoms with E-state index in [9.17, 15) is 0 Å². The van der Waals surface area contributed by atoms with Crippen LogP contribution in [0.4, 0.5) is 0 Å². The zero-order valence-electron chi connectivity index (χ0n) is 13.2. The third-order valence-corrected chi connectivity index (χ3v) is 5.06. The van der Waals surface area contributed by atoms with Crippen LogP contribution in [-0.2, 0) is 4.74 Å². The van der Waals surface area contributed by atoms with Crippen LogP contribution in [0.15, 0.2) is 0 Å². The standard InChI is InChI=1S/C17H33NO/c1-4-7-18-17(15-6-5-8-19-12-15)16-10-13(2)9-14(3)11-16/h13-18H,4-12H2,1-3H3. The maximum atomic E-state index is 5.75. The number of ether oxygens (including phenoxy) is 1. The summed E-state index contributed by atoms with van der Waals surface area (Å²) in [5, 5.41) is 3.87. The van der Waals surface area contributed by atoms with E-state index in [1.807, 2.05) is 0 Å². The lowest BCUT2D eigenvalue weighted by molar-refractivity contribution is 0.0183. The van der Waals surface area contributed by atoms with Crippen LogP contribution in [0.1, 0.15) is 59.3 Å². The van der Waals surface area contributed by atoms with Gasteiger partial charge in [0.2, 0.25) is 0 Å². The van der Waals surface area contributed by atoms with Crippen LogP contribution in [0.5, 0.6) is 0 Å². The third kappa shape index (κ3) is 4.46. The van der Waals surface area contributed by atoms with E-state index in [-0.39, 0.29) is 0 Å². The smallest absolute Gasteiger partial charge is 0.0509 e. The minimum Gasteiger partial charge on any atom is -0.381 e. The summed E-state index contributed by atoms with van der Waals surface area (Å²) in [6.07, 6.45) is 8.12. The molecule has 0 aromatic heterocycles. The molecule has 1 saturated heterocycles. The van der Waals surface area contributed by atoms with Gasteiger partial charge in [-0.25, -0.2) is 0 Å². The van der Waals surface area contributed by atoms with Crippen molar-refractivity contribution in [2.24, 2.45) is 23.7 Å². The monoisotopic (exact) mass is 267 g/mol. The quantitative estimate of drug-likeness (QED) is 0.817. The van der Waals surface area contributed by atoms with E-state index in [1.165, 1.54) is 45.1 Å². The average molecular weight is 267 g/mol. The number of hydrogen-bond donors (Lipinski definition) is 1. The maximum Gasteiger partial charge on any atom is 0.0509 e. The van der Waals surface area contributed by atoms with E-state index in [4.69, 9.17) is 4.74 Å². The summed E-state index contributed by atoms with van der Waals surface area (Å²) in [5.41, 5.74) is 0. The van der Waals surface area contributed by atoms with Crippen LogP contribution in [-0.4, -0.2) is 25.8 Å². The number of nitrogens with one attached hydrogen (secondary N) is 1. The molecule has 19 heavy (non-hydrogen) atoms. The first-order valence-electron chi connectivity index (χ1n) is 8.51. The fourth-order valence-electron chi connectivity index (χ4n) is 4.38. The molecule has 2 rings (SSSR count). The van der Waals surface area contributed by atoms with E-state index < -0.39 is 0 Å². The van der Waals surface area contributed by atoms with Crippen LogP contribution >= 0.6 is 0 Å². The van der Waals surface area contributed by atoms with E-state index in [0.29, 0.717) is 6.04 Å². The second kappa shape index (κ2) is 7.64. The summed E-state index contributed by atoms with van der Waals surface area (Å²) in [6.45, 7) is 10.3. The minimum atomic E-state index is 0.699. The maximum absolute atomic E-state index is 5.75. The van der Waals surface area contributed by atoms with Gasteiger partial charge in [-0.15, -0.1) is 0 Å². The van der Waals surface area contributed by atoms with Crippen molar-refractivity contribution in [3.05, 3.63) is 0 Å². The molecule has 0 radical (unpaired) electrons. The summed E-state index contributed by atoms with van der Waals surface area (Å²) >= 11 is 0. The Labute approximate surface area is 119 Å². The van der Waals surface area contributed by atoms with Crippen molar-refractivity contribution >= 4 is 0 Å². The largest absolute Gasteiger partial charge is 0.381 e. The molecule has 0 aromatic carbocycles. The SMILES string of the molecule is CCCNC(C1CCCOC1)C1CC(C)CC(C)C1. The van der Waals surface area contributed by atoms with Gasteiger partial charge in [-0.2, -0.15) is 0 Å². The van der Waals surface area contributed by atoms with Gasteiger partial charge in [0.15, 0.2) is 0 Å². The summed E-state index contributed by atoms with van der Waals surface area (Å²) in [4.78, 5) is 0. The first kappa shape index (κ1) is 15.3. The van der Waals surface area contributed by atoms with Crippen LogP contribution < -0.4 is 5.32 Å². The van der Waals surface area contributed by atoms with Gasteiger partial charge in [0, 0.05) is 12.6 Å². The van der Waals surface area contributed by atoms with Crippen LogP contribution in [0, 0.1) is 23.7 Å². The highest BCUT2D eigenvalue weighted by atomic mass is 16.5. The second-order valence-electron chi connectivity index (χ2n) is 7.13. The fraction of sp³-hybridized carbons (Fsp3) is 1.00. The van der Waals surface area contributed by atoms with Gasteiger partial charge in [0.05, 0.1) is 6.61 Å². The highest BCUT2D eigenvalue weighted by molar-refractivity contribution is 4.89. The molecule has 2 fully saturated rings. The van der Waals surface area contributed by atoms with Gasteiger partial charge in [0.1, 0.15) is 0 Å². The Hall–Kier alpha value is -0.0800. The summed E-state index contributed by atoms with van der Waals surface area (Å²) in [5.74, 6) is 3.44. The van der Waals surface area contributed by atoms with E-state index in [0.717, 1.165) is 36.9 Å². The molecule has 2 heteroatoms. The van der Waals surface area contributed by atoms with Gasteiger partial charge >= 0.3 is 0 Å². The van der Waals surface area contributed by atoms with Crippen molar-refractivity contribution in [3.8, 4) is 0 Å². The van der Waals surface area contributed by atoms with Crippen LogP contribution in [0.2, 0.25) is 0 Å². The lowest BCUT2D eigenvalue weighted by Crippen LogP contribution is -2.47. The molecule has 1 heterocycles. The highest BCUT2D eigenvalue weighted by Crippen LogP contribution is 2.37. The van der Waals surface area contributed by atoms with Crippen molar-refractivity contribution in [3.63, 3.8) is 0 Å². The molecule has 0 bridgehead atoms. The summed E-state index contributed by atoms with van der Waals surface area (Å²) in [7, 11) is 0. The molecule has 1 aliphatic carbocycles. The number of rotatable bonds is 5. The summed E-state index contributed by atoms with van der Waals surface area (Å²) in [6, 6.07) is 0.699. The molecule has 1 aliphatic heterocycles. The Morgan fingerprint density at radius 3 is 2.42 bits per heavy atom. The van der Waals surface area contributed by atoms with Crippen molar-refractivity contribution < 1.29 is 4.74 Å². The molecule has 112 valence electrons. The van der Waals surface area contributed by atoms with Crippen molar-refractivity contribution in [1.29, 1.82) is 0 Å². The van der Waals surface area contributed by atoms with Crippen LogP contribution in [0.3, 0.4) is 0 Å². The van der Waals surface area contributed by atoms with E-state index in [2.05, 4.69) is 26.1 Å². The Bertz CT molecular complexity index is 240. The van der Waals surface area contributed by atoms with Crippen molar-refractivity contribution in [1.82, 2.24) is 5.32 Å². The van der Waals surface area contributed by atoms with E-state index >= 15 is 0 Å². The Balaban J connectivity index is 1.98. The second-order valence-corrected chi connectivity index (χ2v) is 7.13. The van der Waals surface area contributed by atoms with Gasteiger partial charge in [0.25, 0.3) is 0 Å². The van der Waals surface area contributed by atoms with E-state index in [1.54, 1.807) is 0 Å². The minimum absolute atomic E-state index is 0.699. The normalized spacial score (nSPS) is 38.1. The predicted octanol–water partition coefficient (Wildman–Crippen LogP) is 3.85. The Morgan fingerprint density at radius 1 is 1.11 bits per heavy atom. The van der Waals surface area contributed by atoms with Crippen LogP contribution in [0.25, 0.3) is 0 Å². The predicted molar refractivity (Wildman–Crippen MR) is 81.3 cm³/mol. The van der Waals surface area contributed by atoms with Gasteiger partial charge in [-0.1, -0.05) is 20.8 Å². The lowest BCUT2D eigenvalue weighted by Gasteiger charge is -2.41. The molecule has 2 nitrogen and oxygen atoms in total. The average Bonchev–Trinajstić information content (AvgIpc) is 2.39. The molecular weight excluding hydrogens is 234 g/mol. The molecule has 1 N–H and O–H groups in total. The molecule has 0 aromatic rings. The Kier molecular flexibility index (Phi) is 6.15. The van der Waals surface area contributed by atoms with Gasteiger partial charge in [-0.3, -0.25) is 0 Å². The van der Waals surface area contributed by atoms with Crippen molar-refractivity contribution in [2.45, 2.75) is 65.3 Å².